The Labute approximate surface area is 158 Å². The third kappa shape index (κ3) is 6.76. The molecule has 0 aromatic heterocycles. The molecule has 0 radical (unpaired) electrons. The molecule has 0 amide bonds. The van der Waals surface area contributed by atoms with E-state index in [9.17, 15) is 0 Å². The van der Waals surface area contributed by atoms with E-state index < -0.39 is 22.2 Å². The summed E-state index contributed by atoms with van der Waals surface area (Å²) in [6.07, 6.45) is 9.55. The summed E-state index contributed by atoms with van der Waals surface area (Å²) >= 11 is 0. The van der Waals surface area contributed by atoms with Crippen LogP contribution in [0.3, 0.4) is 0 Å². The van der Waals surface area contributed by atoms with E-state index >= 15 is 0 Å². The van der Waals surface area contributed by atoms with Crippen LogP contribution in [0.4, 0.5) is 0 Å². The summed E-state index contributed by atoms with van der Waals surface area (Å²) in [4.78, 5) is 0. The maximum Gasteiger partial charge on any atom is 0.242 e. The summed E-state index contributed by atoms with van der Waals surface area (Å²) in [5.74, 6) is 1.06. The maximum absolute atomic E-state index is 6.35. The molecule has 25 heavy (non-hydrogen) atoms. The molecule has 0 heterocycles. The average Bonchev–Trinajstić information content (AvgIpc) is 2.38. The van der Waals surface area contributed by atoms with E-state index in [0.717, 1.165) is 12.2 Å². The molecule has 0 bridgehead atoms. The molecule has 0 aromatic rings. The first-order valence-corrected chi connectivity index (χ1v) is 16.0. The van der Waals surface area contributed by atoms with Crippen LogP contribution in [0.15, 0.2) is 47.8 Å². The lowest BCUT2D eigenvalue weighted by Crippen LogP contribution is -2.37. The quantitative estimate of drug-likeness (QED) is 0.357. The van der Waals surface area contributed by atoms with E-state index in [-0.39, 0.29) is 5.41 Å². The van der Waals surface area contributed by atoms with Crippen molar-refractivity contribution < 1.29 is 8.85 Å². The average molecular weight is 379 g/mol. The molecule has 1 aliphatic rings. The van der Waals surface area contributed by atoms with Gasteiger partial charge in [-0.25, -0.2) is 0 Å². The fourth-order valence-corrected chi connectivity index (χ4v) is 5.47. The van der Waals surface area contributed by atoms with Crippen LogP contribution in [-0.4, -0.2) is 22.2 Å². The van der Waals surface area contributed by atoms with Gasteiger partial charge in [-0.3, -0.25) is 0 Å². The molecule has 142 valence electrons. The Hall–Kier alpha value is -0.846. The van der Waals surface area contributed by atoms with Gasteiger partial charge in [-0.1, -0.05) is 38.7 Å². The van der Waals surface area contributed by atoms with Crippen LogP contribution >= 0.6 is 0 Å². The molecule has 0 saturated heterocycles. The van der Waals surface area contributed by atoms with Gasteiger partial charge in [-0.2, -0.15) is 0 Å². The predicted octanol–water partition coefficient (Wildman–Crippen LogP) is 6.82. The van der Waals surface area contributed by atoms with Crippen LogP contribution in [0.5, 0.6) is 0 Å². The standard InChI is InChI=1S/C21H38O2Si2/c1-12-21(5,23-25(9,10)11)16-13-18-17(2)19(22-24(6,7)8)14-15-20(18,3)4/h12-14,16H,1,15H2,2-11H3/b16-13+. The minimum Gasteiger partial charge on any atom is -0.544 e. The van der Waals surface area contributed by atoms with E-state index in [1.54, 1.807) is 0 Å². The Morgan fingerprint density at radius 2 is 1.68 bits per heavy atom. The molecule has 0 aliphatic heterocycles. The van der Waals surface area contributed by atoms with Gasteiger partial charge in [0.15, 0.2) is 8.32 Å². The minimum atomic E-state index is -1.67. The van der Waals surface area contributed by atoms with Crippen LogP contribution < -0.4 is 0 Å². The van der Waals surface area contributed by atoms with Crippen molar-refractivity contribution in [1.82, 2.24) is 0 Å². The van der Waals surface area contributed by atoms with Gasteiger partial charge in [-0.15, -0.1) is 0 Å². The van der Waals surface area contributed by atoms with Crippen molar-refractivity contribution in [1.29, 1.82) is 0 Å². The maximum atomic E-state index is 6.35. The van der Waals surface area contributed by atoms with Crippen molar-refractivity contribution >= 4 is 16.6 Å². The van der Waals surface area contributed by atoms with Gasteiger partial charge < -0.3 is 8.85 Å². The summed E-state index contributed by atoms with van der Waals surface area (Å²) < 4.78 is 12.7. The van der Waals surface area contributed by atoms with Gasteiger partial charge in [0.2, 0.25) is 8.32 Å². The van der Waals surface area contributed by atoms with Crippen LogP contribution in [0.1, 0.15) is 34.1 Å². The van der Waals surface area contributed by atoms with E-state index in [1.807, 2.05) is 6.08 Å². The normalized spacial score (nSPS) is 21.1. The molecule has 0 N–H and O–H groups in total. The van der Waals surface area contributed by atoms with Gasteiger partial charge in [0.25, 0.3) is 0 Å². The Morgan fingerprint density at radius 1 is 1.12 bits per heavy atom. The molecule has 1 rings (SSSR count). The molecular formula is C21H38O2Si2. The highest BCUT2D eigenvalue weighted by molar-refractivity contribution is 6.70. The van der Waals surface area contributed by atoms with Gasteiger partial charge in [0, 0.05) is 0 Å². The second-order valence-electron chi connectivity index (χ2n) is 9.85. The smallest absolute Gasteiger partial charge is 0.242 e. The number of hydrogen-bond acceptors (Lipinski definition) is 2. The Balaban J connectivity index is 3.23. The summed E-state index contributed by atoms with van der Waals surface area (Å²) in [5.41, 5.74) is 2.23. The highest BCUT2D eigenvalue weighted by atomic mass is 28.4. The Kier molecular flexibility index (Phi) is 6.58. The van der Waals surface area contributed by atoms with Gasteiger partial charge in [-0.05, 0) is 82.2 Å². The van der Waals surface area contributed by atoms with Crippen LogP contribution in [0, 0.1) is 5.41 Å². The lowest BCUT2D eigenvalue weighted by atomic mass is 9.74. The SMILES string of the molecule is C=CC(C)(/C=C/C1=C(C)C(O[Si](C)(C)C)=CCC1(C)C)O[Si](C)(C)C. The Bertz CT molecular complexity index is 598. The van der Waals surface area contributed by atoms with E-state index in [2.05, 4.69) is 91.8 Å². The van der Waals surface area contributed by atoms with Crippen molar-refractivity contribution in [3.63, 3.8) is 0 Å². The zero-order valence-corrected chi connectivity index (χ0v) is 20.0. The van der Waals surface area contributed by atoms with Crippen molar-refractivity contribution in [3.8, 4) is 0 Å². The second-order valence-corrected chi connectivity index (χ2v) is 18.7. The molecule has 0 fully saturated rings. The third-order valence-corrected chi connectivity index (χ3v) is 6.11. The van der Waals surface area contributed by atoms with Crippen molar-refractivity contribution in [3.05, 3.63) is 47.8 Å². The van der Waals surface area contributed by atoms with Gasteiger partial charge in [0.1, 0.15) is 5.76 Å². The van der Waals surface area contributed by atoms with Crippen LogP contribution in [0.25, 0.3) is 0 Å². The molecule has 1 atom stereocenters. The number of hydrogen-bond donors (Lipinski definition) is 0. The lowest BCUT2D eigenvalue weighted by Gasteiger charge is -2.36. The topological polar surface area (TPSA) is 18.5 Å². The third-order valence-electron chi connectivity index (χ3n) is 4.23. The fourth-order valence-electron chi connectivity index (χ4n) is 3.10. The highest BCUT2D eigenvalue weighted by Crippen LogP contribution is 2.41. The first kappa shape index (κ1) is 22.2. The van der Waals surface area contributed by atoms with Crippen molar-refractivity contribution in [2.45, 2.75) is 79.0 Å². The minimum absolute atomic E-state index is 0.0914. The second kappa shape index (κ2) is 7.41. The molecule has 2 nitrogen and oxygen atoms in total. The number of rotatable bonds is 7. The molecule has 1 aliphatic carbocycles. The summed E-state index contributed by atoms with van der Waals surface area (Å²) in [5, 5.41) is 0. The zero-order chi connectivity index (χ0) is 19.7. The van der Waals surface area contributed by atoms with Crippen molar-refractivity contribution in [2.75, 3.05) is 0 Å². The molecule has 4 heteroatoms. The highest BCUT2D eigenvalue weighted by Gasteiger charge is 2.32. The van der Waals surface area contributed by atoms with Crippen molar-refractivity contribution in [2.24, 2.45) is 5.41 Å². The first-order valence-electron chi connectivity index (χ1n) is 9.22. The predicted molar refractivity (Wildman–Crippen MR) is 116 cm³/mol. The fraction of sp³-hybridized carbons (Fsp3) is 0.619. The van der Waals surface area contributed by atoms with E-state index in [4.69, 9.17) is 8.85 Å². The van der Waals surface area contributed by atoms with Gasteiger partial charge in [0.05, 0.1) is 5.60 Å². The summed E-state index contributed by atoms with van der Waals surface area (Å²) in [6.45, 7) is 26.2. The summed E-state index contributed by atoms with van der Waals surface area (Å²) in [7, 11) is -3.29. The zero-order valence-electron chi connectivity index (χ0n) is 18.0. The monoisotopic (exact) mass is 378 g/mol. The summed E-state index contributed by atoms with van der Waals surface area (Å²) in [6, 6.07) is 0. The van der Waals surface area contributed by atoms with Crippen LogP contribution in [-0.2, 0) is 8.85 Å². The molecular weight excluding hydrogens is 340 g/mol. The largest absolute Gasteiger partial charge is 0.544 e. The van der Waals surface area contributed by atoms with E-state index in [1.165, 1.54) is 11.1 Å². The Morgan fingerprint density at radius 3 is 2.12 bits per heavy atom. The molecule has 1 unspecified atom stereocenters. The van der Waals surface area contributed by atoms with Gasteiger partial charge >= 0.3 is 0 Å². The molecule has 0 saturated carbocycles. The lowest BCUT2D eigenvalue weighted by molar-refractivity contribution is 0.184. The van der Waals surface area contributed by atoms with E-state index in [0.29, 0.717) is 0 Å². The van der Waals surface area contributed by atoms with Crippen LogP contribution in [0.2, 0.25) is 39.3 Å². The molecule has 0 aromatic carbocycles. The number of allylic oxidation sites excluding steroid dienone is 4. The first-order chi connectivity index (χ1) is 11.1. The molecule has 0 spiro atoms.